The number of guanidine groups is 1. The van der Waals surface area contributed by atoms with E-state index in [1.807, 2.05) is 19.9 Å². The molecule has 2 saturated heterocycles. The summed E-state index contributed by atoms with van der Waals surface area (Å²) >= 11 is 0. The number of rotatable bonds is 31. The topological polar surface area (TPSA) is 435 Å². The molecule has 0 bridgehead atoms. The summed E-state index contributed by atoms with van der Waals surface area (Å²) in [6.45, 7) is 5.24. The van der Waals surface area contributed by atoms with Gasteiger partial charge in [-0.05, 0) is 79.8 Å². The fourth-order valence-electron chi connectivity index (χ4n) is 10.5. The van der Waals surface area contributed by atoms with Gasteiger partial charge in [0, 0.05) is 87.3 Å². The molecule has 90 heavy (non-hydrogen) atoms. The molecule has 8 atom stereocenters. The molecule has 2 aromatic heterocycles. The molecule has 4 heterocycles. The second-order valence-electron chi connectivity index (χ2n) is 22.5. The van der Waals surface area contributed by atoms with Crippen LogP contribution >= 0.6 is 0 Å². The van der Waals surface area contributed by atoms with E-state index < -0.39 is 108 Å². The lowest BCUT2D eigenvalue weighted by Crippen LogP contribution is -2.61. The third-order valence-electron chi connectivity index (χ3n) is 15.1. The van der Waals surface area contributed by atoms with Gasteiger partial charge >= 0.3 is 6.03 Å². The zero-order chi connectivity index (χ0) is 64.9. The molecule has 482 valence electrons. The number of aliphatic hydroxyl groups excluding tert-OH is 1. The van der Waals surface area contributed by atoms with Crippen molar-refractivity contribution in [2.24, 2.45) is 22.4 Å². The molecule has 3 aromatic carbocycles. The van der Waals surface area contributed by atoms with E-state index in [1.165, 1.54) is 46.8 Å². The van der Waals surface area contributed by atoms with Crippen molar-refractivity contribution < 1.29 is 58.2 Å². The summed E-state index contributed by atoms with van der Waals surface area (Å²) in [6, 6.07) is 10.1. The third kappa shape index (κ3) is 19.5. The number of aliphatic hydroxyl groups is 1. The van der Waals surface area contributed by atoms with Crippen molar-refractivity contribution in [3.8, 4) is 5.75 Å². The van der Waals surface area contributed by atoms with Gasteiger partial charge < -0.3 is 79.5 Å². The molecule has 17 N–H and O–H groups in total. The maximum absolute atomic E-state index is 14.9. The summed E-state index contributed by atoms with van der Waals surface area (Å²) in [5.74, 6) is -7.32. The number of hydrazine groups is 1. The van der Waals surface area contributed by atoms with Crippen molar-refractivity contribution in [2.75, 3.05) is 32.8 Å². The molecule has 0 unspecified atom stereocenters. The number of aliphatic imine (C=N–C) groups is 1. The molecule has 0 spiro atoms. The Labute approximate surface area is 519 Å². The fraction of sp³-hybridized carbons (Fsp3) is 0.443. The van der Waals surface area contributed by atoms with Crippen LogP contribution in [-0.2, 0) is 68.8 Å². The number of hydrogen-bond donors (Lipinski definition) is 15. The lowest BCUT2D eigenvalue weighted by Gasteiger charge is -2.32. The Hall–Kier alpha value is -10.1. The fourth-order valence-corrected chi connectivity index (χ4v) is 10.5. The van der Waals surface area contributed by atoms with Crippen LogP contribution in [-0.4, -0.2) is 181 Å². The first-order valence-corrected chi connectivity index (χ1v) is 30.0. The number of H-pyrrole nitrogens is 2. The van der Waals surface area contributed by atoms with Crippen molar-refractivity contribution in [1.82, 2.24) is 72.8 Å². The normalized spacial score (nSPS) is 16.1. The molecule has 5 aromatic rings. The highest BCUT2D eigenvalue weighted by Gasteiger charge is 2.39. The number of nitrogens with one attached hydrogen (secondary N) is 11. The number of nitrogens with two attached hydrogens (primary N) is 2. The van der Waals surface area contributed by atoms with Gasteiger partial charge in [-0.25, -0.2) is 19.8 Å². The molecule has 0 radical (unpaired) electrons. The quantitative estimate of drug-likeness (QED) is 0.0141. The van der Waals surface area contributed by atoms with Crippen LogP contribution in [0.5, 0.6) is 5.75 Å². The van der Waals surface area contributed by atoms with Gasteiger partial charge in [0.2, 0.25) is 47.3 Å². The van der Waals surface area contributed by atoms with E-state index in [0.29, 0.717) is 46.3 Å². The Morgan fingerprint density at radius 2 is 1.24 bits per heavy atom. The third-order valence-corrected chi connectivity index (χ3v) is 15.1. The van der Waals surface area contributed by atoms with Crippen molar-refractivity contribution in [2.45, 2.75) is 133 Å². The van der Waals surface area contributed by atoms with Gasteiger partial charge in [-0.1, -0.05) is 74.5 Å². The number of aromatic hydroxyl groups is 1. The van der Waals surface area contributed by atoms with Crippen LogP contribution in [0.4, 0.5) is 4.79 Å². The van der Waals surface area contributed by atoms with Crippen molar-refractivity contribution in [1.29, 1.82) is 0 Å². The van der Waals surface area contributed by atoms with E-state index in [0.717, 1.165) is 0 Å². The van der Waals surface area contributed by atoms with Gasteiger partial charge in [-0.3, -0.25) is 48.1 Å². The molecule has 2 aliphatic heterocycles. The van der Waals surface area contributed by atoms with Gasteiger partial charge in [0.15, 0.2) is 5.96 Å². The molecule has 29 heteroatoms. The average molecular weight is 1240 g/mol. The first-order chi connectivity index (χ1) is 43.2. The minimum atomic E-state index is -1.77. The van der Waals surface area contributed by atoms with Crippen molar-refractivity contribution in [3.05, 3.63) is 120 Å². The average Bonchev–Trinajstić information content (AvgIpc) is 1.92. The molecule has 11 amide bonds. The lowest BCUT2D eigenvalue weighted by atomic mass is 9.99. The SMILES string of the molecule is CCNC(=O)N1CCCN1C(=O)[C@H](CCCN=C(N)N)NC(=O)[C@H](CC(C)C)NC(=O)[C@@H](Cc1ccccc1)NC(=O)[C@H](Cc1ccc(O)cc1)NC(=O)[C@H](CO)NC(=O)[C@H](Cc1c[nH]c2ccccc12)NC(=O)[C@H](Cc1cnc[nH]1)NC(=O)[C@@H]1CCC(=O)N1. The molecule has 2 aliphatic rings. The monoisotopic (exact) mass is 1240 g/mol. The smallest absolute Gasteiger partial charge is 0.336 e. The summed E-state index contributed by atoms with van der Waals surface area (Å²) in [4.78, 5) is 155. The van der Waals surface area contributed by atoms with E-state index in [1.54, 1.807) is 61.7 Å². The number of urea groups is 1. The highest BCUT2D eigenvalue weighted by molar-refractivity contribution is 5.99. The predicted octanol–water partition coefficient (Wildman–Crippen LogP) is -1.19. The van der Waals surface area contributed by atoms with Gasteiger partial charge in [0.25, 0.3) is 5.91 Å². The zero-order valence-electron chi connectivity index (χ0n) is 50.5. The number of amides is 11. The number of aromatic amines is 2. The lowest BCUT2D eigenvalue weighted by molar-refractivity contribution is -0.145. The second-order valence-corrected chi connectivity index (χ2v) is 22.5. The number of benzene rings is 3. The largest absolute Gasteiger partial charge is 0.508 e. The maximum Gasteiger partial charge on any atom is 0.336 e. The van der Waals surface area contributed by atoms with Crippen LogP contribution in [0.2, 0.25) is 0 Å². The Balaban J connectivity index is 1.13. The van der Waals surface area contributed by atoms with Crippen LogP contribution in [0, 0.1) is 5.92 Å². The van der Waals surface area contributed by atoms with Gasteiger partial charge in [-0.15, -0.1) is 0 Å². The van der Waals surface area contributed by atoms with E-state index in [9.17, 15) is 58.2 Å². The summed E-state index contributed by atoms with van der Waals surface area (Å²) in [5.41, 5.74) is 13.9. The summed E-state index contributed by atoms with van der Waals surface area (Å²) < 4.78 is 0. The minimum Gasteiger partial charge on any atom is -0.508 e. The Morgan fingerprint density at radius 3 is 1.84 bits per heavy atom. The van der Waals surface area contributed by atoms with Crippen LogP contribution in [0.1, 0.15) is 81.7 Å². The molecule has 7 rings (SSSR count). The summed E-state index contributed by atoms with van der Waals surface area (Å²) in [7, 11) is 0. The number of hydrogen-bond acceptors (Lipinski definition) is 14. The van der Waals surface area contributed by atoms with Gasteiger partial charge in [0.1, 0.15) is 54.1 Å². The molecular weight excluding hydrogens is 1160 g/mol. The number of carbonyl (C=O) groups is 10. The van der Waals surface area contributed by atoms with Crippen LogP contribution < -0.4 is 59.3 Å². The number of aromatic nitrogens is 3. The number of phenols is 1. The minimum absolute atomic E-state index is 0.0476. The van der Waals surface area contributed by atoms with Crippen molar-refractivity contribution in [3.63, 3.8) is 0 Å². The number of carbonyl (C=O) groups excluding carboxylic acids is 10. The van der Waals surface area contributed by atoms with Gasteiger partial charge in [-0.2, -0.15) is 0 Å². The predicted molar refractivity (Wildman–Crippen MR) is 329 cm³/mol. The second kappa shape index (κ2) is 32.8. The van der Waals surface area contributed by atoms with Crippen LogP contribution in [0.3, 0.4) is 0 Å². The molecule has 0 saturated carbocycles. The van der Waals surface area contributed by atoms with E-state index in [2.05, 4.69) is 67.8 Å². The Morgan fingerprint density at radius 1 is 0.678 bits per heavy atom. The molecule has 0 aliphatic carbocycles. The number of para-hydroxylation sites is 1. The number of imidazole rings is 1. The van der Waals surface area contributed by atoms with Gasteiger partial charge in [0.05, 0.1) is 12.9 Å². The highest BCUT2D eigenvalue weighted by Crippen LogP contribution is 2.21. The number of nitrogens with zero attached hydrogens (tertiary/aromatic N) is 4. The molecule has 29 nitrogen and oxygen atoms in total. The first kappa shape index (κ1) is 67.4. The standard InChI is InChI=1S/C61H81N17O12/c1-4-65-61(90)78-25-11-24-77(78)59(89)44(16-10-23-66-60(62)63)70-53(83)45(26-35(2)3)71-54(84)46(27-36-12-6-5-7-13-36)72-55(85)47(28-37-17-19-40(80)20-18-37)73-58(88)50(33-79)76-56(86)48(29-38-31-67-42-15-9-8-14-41(38)42)74-57(87)49(30-39-32-64-34-68-39)75-52(82)43-21-22-51(81)69-43/h5-9,12-15,17-20,31-32,34-35,43-50,67,79-80H,4,10-11,16,21-30,33H2,1-3H3,(H,64,68)(H,65,90)(H,69,81)(H,70,83)(H,71,84)(H,72,85)(H,73,88)(H,74,87)(H,75,82)(H,76,86)(H4,62,63,66)/t43-,44-,45-,46+,47-,48-,49-,50-/m0/s1. The first-order valence-electron chi connectivity index (χ1n) is 30.0. The molecular formula is C61H81N17O12. The highest BCUT2D eigenvalue weighted by atomic mass is 16.3. The van der Waals surface area contributed by atoms with Crippen LogP contribution in [0.25, 0.3) is 10.9 Å². The van der Waals surface area contributed by atoms with Crippen LogP contribution in [0.15, 0.2) is 103 Å². The van der Waals surface area contributed by atoms with E-state index >= 15 is 0 Å². The zero-order valence-corrected chi connectivity index (χ0v) is 50.5. The molecule has 2 fully saturated rings. The Bertz CT molecular complexity index is 3320. The van der Waals surface area contributed by atoms with E-state index in [-0.39, 0.29) is 101 Å². The number of fused-ring (bicyclic) bond motifs is 1. The number of phenolic OH excluding ortho intramolecular Hbond substituents is 1. The van der Waals surface area contributed by atoms with Crippen molar-refractivity contribution >= 4 is 76.1 Å². The summed E-state index contributed by atoms with van der Waals surface area (Å²) in [5, 5.41) is 48.5. The Kier molecular flexibility index (Phi) is 24.6. The summed E-state index contributed by atoms with van der Waals surface area (Å²) in [6.07, 6.45) is 4.96. The van der Waals surface area contributed by atoms with E-state index in [4.69, 9.17) is 11.5 Å². The maximum atomic E-state index is 14.9.